The number of aromatic nitrogens is 2. The summed E-state index contributed by atoms with van der Waals surface area (Å²) in [6, 6.07) is 7.04. The maximum atomic E-state index is 13.3. The topological polar surface area (TPSA) is 65.7 Å². The maximum absolute atomic E-state index is 13.3. The molecule has 0 atom stereocenters. The molecule has 0 saturated heterocycles. The zero-order valence-electron chi connectivity index (χ0n) is 7.58. The highest BCUT2D eigenvalue weighted by Gasteiger charge is 2.05. The molecule has 2 aromatic rings. The Kier molecular flexibility index (Phi) is 2.21. The van der Waals surface area contributed by atoms with Gasteiger partial charge in [0.15, 0.2) is 0 Å². The van der Waals surface area contributed by atoms with Gasteiger partial charge in [-0.3, -0.25) is 9.78 Å². The van der Waals surface area contributed by atoms with E-state index in [1.807, 2.05) is 4.98 Å². The van der Waals surface area contributed by atoms with Crippen molar-refractivity contribution in [1.29, 1.82) is 0 Å². The zero-order chi connectivity index (χ0) is 10.8. The average Bonchev–Trinajstić information content (AvgIpc) is 2.16. The molecule has 0 radical (unpaired) electrons. The third-order valence-electron chi connectivity index (χ3n) is 1.92. The summed E-state index contributed by atoms with van der Waals surface area (Å²) in [6.07, 6.45) is 0. The van der Waals surface area contributed by atoms with Gasteiger partial charge in [-0.15, -0.1) is 0 Å². The van der Waals surface area contributed by atoms with E-state index >= 15 is 0 Å². The Morgan fingerprint density at radius 3 is 2.47 bits per heavy atom. The normalized spacial score (nSPS) is 10.2. The van der Waals surface area contributed by atoms with Crippen LogP contribution in [0.5, 0.6) is 0 Å². The number of aromatic amines is 2. The first-order valence-corrected chi connectivity index (χ1v) is 4.25. The number of H-pyrrole nitrogens is 2. The molecule has 0 bridgehead atoms. The van der Waals surface area contributed by atoms with Crippen molar-refractivity contribution < 1.29 is 4.39 Å². The van der Waals surface area contributed by atoms with Crippen LogP contribution in [0.25, 0.3) is 11.3 Å². The van der Waals surface area contributed by atoms with Gasteiger partial charge in [0, 0.05) is 11.6 Å². The quantitative estimate of drug-likeness (QED) is 0.727. The van der Waals surface area contributed by atoms with Crippen molar-refractivity contribution in [3.63, 3.8) is 0 Å². The summed E-state index contributed by atoms with van der Waals surface area (Å²) in [5.74, 6) is -0.487. The first-order valence-electron chi connectivity index (χ1n) is 4.25. The minimum Gasteiger partial charge on any atom is -0.307 e. The molecule has 5 heteroatoms. The number of hydrogen-bond donors (Lipinski definition) is 2. The second-order valence-corrected chi connectivity index (χ2v) is 2.98. The zero-order valence-corrected chi connectivity index (χ0v) is 7.58. The largest absolute Gasteiger partial charge is 0.326 e. The second-order valence-electron chi connectivity index (χ2n) is 2.98. The Morgan fingerprint density at radius 1 is 1.07 bits per heavy atom. The minimum atomic E-state index is -0.652. The van der Waals surface area contributed by atoms with Crippen molar-refractivity contribution in [3.05, 3.63) is 57.0 Å². The molecule has 0 spiro atoms. The fourth-order valence-corrected chi connectivity index (χ4v) is 1.29. The molecule has 1 aromatic heterocycles. The molecule has 2 rings (SSSR count). The fraction of sp³-hybridized carbons (Fsp3) is 0. The van der Waals surface area contributed by atoms with Gasteiger partial charge in [0.2, 0.25) is 0 Å². The van der Waals surface area contributed by atoms with Crippen molar-refractivity contribution in [2.75, 3.05) is 0 Å². The molecule has 0 aliphatic heterocycles. The lowest BCUT2D eigenvalue weighted by Gasteiger charge is -2.01. The van der Waals surface area contributed by atoms with Crippen LogP contribution in [0.1, 0.15) is 0 Å². The third kappa shape index (κ3) is 1.85. The Morgan fingerprint density at radius 2 is 1.80 bits per heavy atom. The van der Waals surface area contributed by atoms with Gasteiger partial charge in [-0.05, 0) is 12.1 Å². The molecule has 2 N–H and O–H groups in total. The van der Waals surface area contributed by atoms with E-state index in [1.54, 1.807) is 6.07 Å². The molecule has 0 aliphatic rings. The van der Waals surface area contributed by atoms with Crippen molar-refractivity contribution in [2.45, 2.75) is 0 Å². The van der Waals surface area contributed by atoms with E-state index in [0.717, 1.165) is 6.07 Å². The summed E-state index contributed by atoms with van der Waals surface area (Å²) in [5.41, 5.74) is -0.847. The van der Waals surface area contributed by atoms with E-state index in [0.29, 0.717) is 0 Å². The van der Waals surface area contributed by atoms with E-state index < -0.39 is 17.1 Å². The second kappa shape index (κ2) is 3.53. The summed E-state index contributed by atoms with van der Waals surface area (Å²) in [4.78, 5) is 26.3. The highest BCUT2D eigenvalue weighted by Crippen LogP contribution is 2.17. The van der Waals surface area contributed by atoms with Crippen LogP contribution in [-0.4, -0.2) is 9.97 Å². The Labute approximate surface area is 83.4 Å². The third-order valence-corrected chi connectivity index (χ3v) is 1.92. The summed E-state index contributed by atoms with van der Waals surface area (Å²) in [6.45, 7) is 0. The molecule has 76 valence electrons. The number of benzene rings is 1. The lowest BCUT2D eigenvalue weighted by molar-refractivity contribution is 0.630. The molecular weight excluding hydrogens is 199 g/mol. The Hall–Kier alpha value is -2.17. The van der Waals surface area contributed by atoms with Gasteiger partial charge in [0.25, 0.3) is 5.56 Å². The summed E-state index contributed by atoms with van der Waals surface area (Å²) >= 11 is 0. The van der Waals surface area contributed by atoms with Crippen molar-refractivity contribution in [2.24, 2.45) is 0 Å². The van der Waals surface area contributed by atoms with Crippen LogP contribution in [-0.2, 0) is 0 Å². The predicted molar refractivity (Wildman–Crippen MR) is 53.1 cm³/mol. The predicted octanol–water partition coefficient (Wildman–Crippen LogP) is 0.869. The molecule has 0 fully saturated rings. The number of nitrogens with one attached hydrogen (secondary N) is 2. The molecule has 1 aromatic carbocycles. The van der Waals surface area contributed by atoms with E-state index in [4.69, 9.17) is 0 Å². The van der Waals surface area contributed by atoms with Crippen molar-refractivity contribution >= 4 is 0 Å². The smallest absolute Gasteiger partial charge is 0.307 e. The SMILES string of the molecule is O=c1cc(-c2ccccc2F)[nH]c(=O)[nH]1. The van der Waals surface area contributed by atoms with Crippen LogP contribution >= 0.6 is 0 Å². The van der Waals surface area contributed by atoms with E-state index in [2.05, 4.69) is 4.98 Å². The van der Waals surface area contributed by atoms with Gasteiger partial charge in [-0.1, -0.05) is 12.1 Å². The molecule has 15 heavy (non-hydrogen) atoms. The highest BCUT2D eigenvalue weighted by atomic mass is 19.1. The first kappa shape index (κ1) is 9.39. The molecule has 0 aliphatic carbocycles. The molecular formula is C10H7FN2O2. The molecule has 0 amide bonds. The van der Waals surface area contributed by atoms with Crippen LogP contribution in [0.3, 0.4) is 0 Å². The van der Waals surface area contributed by atoms with E-state index in [9.17, 15) is 14.0 Å². The minimum absolute atomic E-state index is 0.168. The molecule has 1 heterocycles. The van der Waals surface area contributed by atoms with Gasteiger partial charge in [0.05, 0.1) is 5.69 Å². The summed E-state index contributed by atoms with van der Waals surface area (Å²) in [7, 11) is 0. The maximum Gasteiger partial charge on any atom is 0.326 e. The summed E-state index contributed by atoms with van der Waals surface area (Å²) in [5, 5.41) is 0. The molecule has 0 unspecified atom stereocenters. The highest BCUT2D eigenvalue weighted by molar-refractivity contribution is 5.58. The molecule has 4 nitrogen and oxygen atoms in total. The van der Waals surface area contributed by atoms with Gasteiger partial charge < -0.3 is 4.98 Å². The van der Waals surface area contributed by atoms with Crippen molar-refractivity contribution in [3.8, 4) is 11.3 Å². The average molecular weight is 206 g/mol. The Balaban J connectivity index is 2.70. The van der Waals surface area contributed by atoms with Gasteiger partial charge in [0.1, 0.15) is 5.82 Å². The van der Waals surface area contributed by atoms with Crippen LogP contribution in [0, 0.1) is 5.82 Å². The standard InChI is InChI=1S/C10H7FN2O2/c11-7-4-2-1-3-6(7)8-5-9(14)13-10(15)12-8/h1-5H,(H2,12,13,14,15). The van der Waals surface area contributed by atoms with Crippen LogP contribution < -0.4 is 11.2 Å². The van der Waals surface area contributed by atoms with E-state index in [-0.39, 0.29) is 11.3 Å². The van der Waals surface area contributed by atoms with Crippen LogP contribution in [0.4, 0.5) is 4.39 Å². The summed E-state index contributed by atoms with van der Waals surface area (Å²) < 4.78 is 13.3. The van der Waals surface area contributed by atoms with Gasteiger partial charge in [-0.25, -0.2) is 9.18 Å². The van der Waals surface area contributed by atoms with Gasteiger partial charge >= 0.3 is 5.69 Å². The fourth-order valence-electron chi connectivity index (χ4n) is 1.29. The van der Waals surface area contributed by atoms with Crippen LogP contribution in [0.2, 0.25) is 0 Å². The van der Waals surface area contributed by atoms with E-state index in [1.165, 1.54) is 18.2 Å². The number of halogens is 1. The lowest BCUT2D eigenvalue weighted by atomic mass is 10.1. The number of hydrogen-bond acceptors (Lipinski definition) is 2. The van der Waals surface area contributed by atoms with Gasteiger partial charge in [-0.2, -0.15) is 0 Å². The van der Waals surface area contributed by atoms with Crippen LogP contribution in [0.15, 0.2) is 39.9 Å². The first-order chi connectivity index (χ1) is 7.16. The van der Waals surface area contributed by atoms with Crippen molar-refractivity contribution in [1.82, 2.24) is 9.97 Å². The molecule has 0 saturated carbocycles. The monoisotopic (exact) mass is 206 g/mol. The Bertz CT molecular complexity index is 572. The number of rotatable bonds is 1. The lowest BCUT2D eigenvalue weighted by Crippen LogP contribution is -2.21.